The Hall–Kier alpha value is -1.61. The normalized spacial score (nSPS) is 11.9. The van der Waals surface area contributed by atoms with Crippen LogP contribution in [0, 0.1) is 0 Å². The molecular formula is C20H10BrClS. The lowest BCUT2D eigenvalue weighted by molar-refractivity contribution is 1.78. The third kappa shape index (κ3) is 1.89. The van der Waals surface area contributed by atoms with Gasteiger partial charge in [0.1, 0.15) is 0 Å². The van der Waals surface area contributed by atoms with Crippen molar-refractivity contribution in [2.45, 2.75) is 0 Å². The highest BCUT2D eigenvalue weighted by Crippen LogP contribution is 2.46. The highest BCUT2D eigenvalue weighted by molar-refractivity contribution is 9.10. The number of thiophene rings is 1. The second-order valence-electron chi connectivity index (χ2n) is 5.67. The fourth-order valence-electron chi connectivity index (χ4n) is 3.36. The van der Waals surface area contributed by atoms with Gasteiger partial charge in [-0.1, -0.05) is 76.1 Å². The lowest BCUT2D eigenvalue weighted by atomic mass is 10.0. The molecule has 0 nitrogen and oxygen atoms in total. The quantitative estimate of drug-likeness (QED) is 0.250. The minimum absolute atomic E-state index is 0.833. The summed E-state index contributed by atoms with van der Waals surface area (Å²) in [5.74, 6) is 0. The summed E-state index contributed by atoms with van der Waals surface area (Å²) in [6.45, 7) is 0. The Morgan fingerprint density at radius 1 is 0.739 bits per heavy atom. The standard InChI is InChI=1S/C20H10BrClS/c21-16-10-15-18-12-6-2-1-5-11(12)9-17(22)20(18)23-19(15)14-8-4-3-7-13(14)16/h1-10H. The molecule has 0 unspecified atom stereocenters. The van der Waals surface area contributed by atoms with Gasteiger partial charge in [0, 0.05) is 25.3 Å². The maximum absolute atomic E-state index is 6.60. The van der Waals surface area contributed by atoms with E-state index in [-0.39, 0.29) is 0 Å². The van der Waals surface area contributed by atoms with Crippen LogP contribution in [-0.2, 0) is 0 Å². The Balaban J connectivity index is 2.15. The van der Waals surface area contributed by atoms with Crippen LogP contribution in [0.2, 0.25) is 5.02 Å². The second-order valence-corrected chi connectivity index (χ2v) is 7.95. The van der Waals surface area contributed by atoms with Gasteiger partial charge in [0.2, 0.25) is 0 Å². The average molecular weight is 398 g/mol. The van der Waals surface area contributed by atoms with Crippen molar-refractivity contribution in [3.8, 4) is 0 Å². The highest BCUT2D eigenvalue weighted by Gasteiger charge is 2.15. The van der Waals surface area contributed by atoms with Gasteiger partial charge in [0.05, 0.1) is 9.72 Å². The molecule has 0 radical (unpaired) electrons. The predicted octanol–water partition coefficient (Wildman–Crippen LogP) is 7.78. The van der Waals surface area contributed by atoms with Gasteiger partial charge in [-0.15, -0.1) is 11.3 Å². The Kier molecular flexibility index (Phi) is 2.96. The van der Waals surface area contributed by atoms with Gasteiger partial charge >= 0.3 is 0 Å². The van der Waals surface area contributed by atoms with E-state index in [4.69, 9.17) is 11.6 Å². The Labute approximate surface area is 150 Å². The van der Waals surface area contributed by atoms with Crippen LogP contribution in [0.3, 0.4) is 0 Å². The Morgan fingerprint density at radius 2 is 1.43 bits per heavy atom. The van der Waals surface area contributed by atoms with Gasteiger partial charge in [-0.05, 0) is 28.3 Å². The summed E-state index contributed by atoms with van der Waals surface area (Å²) in [6.07, 6.45) is 0. The second kappa shape index (κ2) is 4.94. The molecule has 0 bridgehead atoms. The van der Waals surface area contributed by atoms with E-state index in [0.29, 0.717) is 0 Å². The number of rotatable bonds is 0. The molecule has 4 aromatic carbocycles. The van der Waals surface area contributed by atoms with Crippen LogP contribution in [0.25, 0.3) is 41.7 Å². The first-order chi connectivity index (χ1) is 11.2. The summed E-state index contributed by atoms with van der Waals surface area (Å²) >= 11 is 12.1. The monoisotopic (exact) mass is 396 g/mol. The molecule has 0 aliphatic heterocycles. The van der Waals surface area contributed by atoms with Gasteiger partial charge in [-0.2, -0.15) is 0 Å². The molecule has 0 N–H and O–H groups in total. The van der Waals surface area contributed by atoms with Gasteiger partial charge < -0.3 is 0 Å². The first-order valence-corrected chi connectivity index (χ1v) is 9.33. The van der Waals surface area contributed by atoms with Crippen molar-refractivity contribution in [3.63, 3.8) is 0 Å². The lowest BCUT2D eigenvalue weighted by Crippen LogP contribution is -1.77. The van der Waals surface area contributed by atoms with E-state index < -0.39 is 0 Å². The molecule has 0 saturated heterocycles. The fourth-order valence-corrected chi connectivity index (χ4v) is 5.51. The van der Waals surface area contributed by atoms with E-state index in [2.05, 4.69) is 76.6 Å². The van der Waals surface area contributed by atoms with E-state index >= 15 is 0 Å². The first kappa shape index (κ1) is 13.8. The summed E-state index contributed by atoms with van der Waals surface area (Å²) in [4.78, 5) is 0. The van der Waals surface area contributed by atoms with Crippen LogP contribution in [0.4, 0.5) is 0 Å². The predicted molar refractivity (Wildman–Crippen MR) is 107 cm³/mol. The van der Waals surface area contributed by atoms with E-state index in [1.165, 1.54) is 41.7 Å². The van der Waals surface area contributed by atoms with Crippen LogP contribution >= 0.6 is 38.9 Å². The van der Waals surface area contributed by atoms with Crippen molar-refractivity contribution in [1.29, 1.82) is 0 Å². The molecule has 5 aromatic rings. The molecule has 110 valence electrons. The number of hydrogen-bond acceptors (Lipinski definition) is 1. The molecule has 0 spiro atoms. The molecule has 3 heteroatoms. The molecule has 23 heavy (non-hydrogen) atoms. The molecule has 0 aliphatic rings. The molecule has 1 aromatic heterocycles. The summed E-state index contributed by atoms with van der Waals surface area (Å²) < 4.78 is 3.60. The van der Waals surface area contributed by atoms with Crippen molar-refractivity contribution >= 4 is 80.6 Å². The largest absolute Gasteiger partial charge is 0.133 e. The number of halogens is 2. The molecule has 0 saturated carbocycles. The minimum atomic E-state index is 0.833. The Morgan fingerprint density at radius 3 is 2.26 bits per heavy atom. The summed E-state index contributed by atoms with van der Waals surface area (Å²) in [7, 11) is 0. The van der Waals surface area contributed by atoms with Gasteiger partial charge in [0.15, 0.2) is 0 Å². The van der Waals surface area contributed by atoms with E-state index in [1.807, 2.05) is 0 Å². The number of benzene rings is 4. The number of hydrogen-bond donors (Lipinski definition) is 0. The van der Waals surface area contributed by atoms with Gasteiger partial charge in [-0.3, -0.25) is 0 Å². The molecule has 1 heterocycles. The maximum Gasteiger partial charge on any atom is 0.0591 e. The third-order valence-corrected chi connectivity index (χ3v) is 6.71. The number of fused-ring (bicyclic) bond motifs is 7. The molecule has 0 atom stereocenters. The highest BCUT2D eigenvalue weighted by atomic mass is 79.9. The van der Waals surface area contributed by atoms with Crippen molar-refractivity contribution in [1.82, 2.24) is 0 Å². The first-order valence-electron chi connectivity index (χ1n) is 7.35. The lowest BCUT2D eigenvalue weighted by Gasteiger charge is -2.04. The smallest absolute Gasteiger partial charge is 0.0591 e. The summed E-state index contributed by atoms with van der Waals surface area (Å²) in [6, 6.07) is 21.3. The summed E-state index contributed by atoms with van der Waals surface area (Å²) in [5.41, 5.74) is 0. The van der Waals surface area contributed by atoms with Crippen molar-refractivity contribution < 1.29 is 0 Å². The van der Waals surface area contributed by atoms with E-state index in [9.17, 15) is 0 Å². The average Bonchev–Trinajstić information content (AvgIpc) is 2.96. The van der Waals surface area contributed by atoms with Gasteiger partial charge in [-0.25, -0.2) is 0 Å². The zero-order valence-corrected chi connectivity index (χ0v) is 15.1. The SMILES string of the molecule is Clc1cc2ccccc2c2c1sc1c3ccccc3c(Br)cc12. The maximum atomic E-state index is 6.60. The summed E-state index contributed by atoms with van der Waals surface area (Å²) in [5, 5.41) is 8.34. The van der Waals surface area contributed by atoms with Crippen LogP contribution in [0.5, 0.6) is 0 Å². The molecule has 0 amide bonds. The Bertz CT molecular complexity index is 1240. The topological polar surface area (TPSA) is 0 Å². The van der Waals surface area contributed by atoms with Crippen molar-refractivity contribution in [3.05, 3.63) is 70.2 Å². The van der Waals surface area contributed by atoms with E-state index in [0.717, 1.165) is 9.50 Å². The van der Waals surface area contributed by atoms with Crippen LogP contribution in [0.15, 0.2) is 65.1 Å². The molecular weight excluding hydrogens is 388 g/mol. The molecule has 0 fully saturated rings. The minimum Gasteiger partial charge on any atom is -0.133 e. The molecule has 5 rings (SSSR count). The fraction of sp³-hybridized carbons (Fsp3) is 0. The zero-order valence-electron chi connectivity index (χ0n) is 11.9. The van der Waals surface area contributed by atoms with Crippen LogP contribution < -0.4 is 0 Å². The van der Waals surface area contributed by atoms with E-state index in [1.54, 1.807) is 11.3 Å². The molecule has 0 aliphatic carbocycles. The zero-order chi connectivity index (χ0) is 15.6. The third-order valence-electron chi connectivity index (χ3n) is 4.37. The van der Waals surface area contributed by atoms with Crippen molar-refractivity contribution in [2.24, 2.45) is 0 Å². The van der Waals surface area contributed by atoms with Crippen LogP contribution in [-0.4, -0.2) is 0 Å². The van der Waals surface area contributed by atoms with Gasteiger partial charge in [0.25, 0.3) is 0 Å². The van der Waals surface area contributed by atoms with Crippen molar-refractivity contribution in [2.75, 3.05) is 0 Å². The van der Waals surface area contributed by atoms with Crippen LogP contribution in [0.1, 0.15) is 0 Å².